The minimum atomic E-state index is -4.77. The number of hydrogen-bond acceptors (Lipinski definition) is 7. The number of carbonyl (C=O) groups excluding carboxylic acids is 2. The Hall–Kier alpha value is -4.56. The molecule has 0 atom stereocenters. The molecule has 11 nitrogen and oxygen atoms in total. The predicted octanol–water partition coefficient (Wildman–Crippen LogP) is 3.57. The Morgan fingerprint density at radius 2 is 1.85 bits per heavy atom. The summed E-state index contributed by atoms with van der Waals surface area (Å²) in [6, 6.07) is 5.46. The van der Waals surface area contributed by atoms with E-state index in [-0.39, 0.29) is 41.5 Å². The van der Waals surface area contributed by atoms with Crippen LogP contribution in [0, 0.1) is 5.82 Å². The van der Waals surface area contributed by atoms with Gasteiger partial charge in [-0.3, -0.25) is 14.2 Å². The van der Waals surface area contributed by atoms with Gasteiger partial charge in [-0.2, -0.15) is 22.8 Å². The topological polar surface area (TPSA) is 124 Å². The van der Waals surface area contributed by atoms with Crippen LogP contribution in [0.4, 0.5) is 28.2 Å². The van der Waals surface area contributed by atoms with Crippen molar-refractivity contribution < 1.29 is 31.9 Å². The Morgan fingerprint density at radius 1 is 1.12 bits per heavy atom. The SMILES string of the molecule is CC(C)(C)OC(=O)N1CC(c2cc3n(CC(=O)Nc4ccc(F)cn4)c(=O)c4ccc(C(F)(F)F)nc4n3n2)C1. The highest BCUT2D eigenvalue weighted by Gasteiger charge is 2.37. The summed E-state index contributed by atoms with van der Waals surface area (Å²) in [5.74, 6) is -1.55. The van der Waals surface area contributed by atoms with Crippen molar-refractivity contribution in [3.8, 4) is 0 Å². The molecule has 1 aliphatic rings. The molecule has 4 aromatic heterocycles. The number of nitrogens with one attached hydrogen (secondary N) is 1. The molecule has 4 aromatic rings. The van der Waals surface area contributed by atoms with Crippen molar-refractivity contribution in [2.75, 3.05) is 18.4 Å². The first-order valence-corrected chi connectivity index (χ1v) is 12.1. The molecule has 5 heterocycles. The molecule has 0 spiro atoms. The normalized spacial score (nSPS) is 14.4. The van der Waals surface area contributed by atoms with Crippen LogP contribution in [0.3, 0.4) is 0 Å². The first-order valence-electron chi connectivity index (χ1n) is 12.1. The van der Waals surface area contributed by atoms with E-state index in [0.29, 0.717) is 11.8 Å². The van der Waals surface area contributed by atoms with E-state index >= 15 is 0 Å². The van der Waals surface area contributed by atoms with Crippen molar-refractivity contribution in [2.45, 2.75) is 45.0 Å². The lowest BCUT2D eigenvalue weighted by Gasteiger charge is -2.38. The first-order chi connectivity index (χ1) is 18.7. The number of likely N-dealkylation sites (tertiary alicyclic amines) is 1. The number of carbonyl (C=O) groups is 2. The van der Waals surface area contributed by atoms with Gasteiger partial charge in [0.2, 0.25) is 5.91 Å². The van der Waals surface area contributed by atoms with Crippen molar-refractivity contribution in [3.63, 3.8) is 0 Å². The molecular weight excluding hydrogens is 538 g/mol. The van der Waals surface area contributed by atoms with Crippen LogP contribution < -0.4 is 10.9 Å². The average Bonchev–Trinajstić information content (AvgIpc) is 3.25. The van der Waals surface area contributed by atoms with Gasteiger partial charge >= 0.3 is 12.3 Å². The van der Waals surface area contributed by atoms with Gasteiger partial charge in [0.15, 0.2) is 5.65 Å². The summed E-state index contributed by atoms with van der Waals surface area (Å²) in [5.41, 5.74) is -2.58. The van der Waals surface area contributed by atoms with Gasteiger partial charge < -0.3 is 15.0 Å². The highest BCUT2D eigenvalue weighted by molar-refractivity contribution is 5.90. The number of nitrogens with zero attached hydrogens (tertiary/aromatic N) is 6. The van der Waals surface area contributed by atoms with Crippen LogP contribution in [0.2, 0.25) is 0 Å². The lowest BCUT2D eigenvalue weighted by Crippen LogP contribution is -2.50. The summed E-state index contributed by atoms with van der Waals surface area (Å²) in [6.45, 7) is 5.13. The molecule has 5 rings (SSSR count). The molecule has 1 aliphatic heterocycles. The summed E-state index contributed by atoms with van der Waals surface area (Å²) in [4.78, 5) is 47.3. The summed E-state index contributed by atoms with van der Waals surface area (Å²) in [5, 5.41) is 6.68. The molecule has 0 unspecified atom stereocenters. The third-order valence-electron chi connectivity index (χ3n) is 6.08. The van der Waals surface area contributed by atoms with E-state index in [0.717, 1.165) is 27.4 Å². The van der Waals surface area contributed by atoms with Crippen LogP contribution in [0.1, 0.15) is 38.1 Å². The van der Waals surface area contributed by atoms with Gasteiger partial charge in [-0.1, -0.05) is 0 Å². The number of pyridine rings is 2. The van der Waals surface area contributed by atoms with Gasteiger partial charge in [-0.25, -0.2) is 19.2 Å². The van der Waals surface area contributed by atoms with Crippen LogP contribution in [-0.2, 0) is 22.3 Å². The maximum Gasteiger partial charge on any atom is 0.433 e. The molecule has 0 aliphatic carbocycles. The lowest BCUT2D eigenvalue weighted by molar-refractivity contribution is -0.141. The number of halogens is 4. The van der Waals surface area contributed by atoms with Crippen LogP contribution in [0.15, 0.2) is 41.3 Å². The number of anilines is 1. The quantitative estimate of drug-likeness (QED) is 0.378. The van der Waals surface area contributed by atoms with Gasteiger partial charge in [0.05, 0.1) is 17.3 Å². The summed E-state index contributed by atoms with van der Waals surface area (Å²) >= 11 is 0. The van der Waals surface area contributed by atoms with E-state index < -0.39 is 47.4 Å². The maximum atomic E-state index is 13.4. The van der Waals surface area contributed by atoms with E-state index in [1.807, 2.05) is 0 Å². The zero-order valence-corrected chi connectivity index (χ0v) is 21.5. The van der Waals surface area contributed by atoms with Gasteiger partial charge in [-0.15, -0.1) is 0 Å². The highest BCUT2D eigenvalue weighted by Crippen LogP contribution is 2.31. The zero-order chi connectivity index (χ0) is 29.0. The van der Waals surface area contributed by atoms with Crippen molar-refractivity contribution in [2.24, 2.45) is 0 Å². The van der Waals surface area contributed by atoms with Gasteiger partial charge in [-0.05, 0) is 45.0 Å². The molecule has 2 amide bonds. The predicted molar refractivity (Wildman–Crippen MR) is 133 cm³/mol. The van der Waals surface area contributed by atoms with E-state index in [1.54, 1.807) is 20.8 Å². The molecule has 0 bridgehead atoms. The number of rotatable bonds is 4. The van der Waals surface area contributed by atoms with E-state index in [4.69, 9.17) is 4.74 Å². The molecule has 1 saturated heterocycles. The van der Waals surface area contributed by atoms with Crippen LogP contribution in [0.5, 0.6) is 0 Å². The minimum absolute atomic E-state index is 0.0252. The Morgan fingerprint density at radius 3 is 2.48 bits per heavy atom. The van der Waals surface area contributed by atoms with Crippen molar-refractivity contribution in [3.05, 3.63) is 64.1 Å². The molecule has 40 heavy (non-hydrogen) atoms. The van der Waals surface area contributed by atoms with Crippen molar-refractivity contribution in [1.29, 1.82) is 0 Å². The summed E-state index contributed by atoms with van der Waals surface area (Å²) < 4.78 is 60.9. The number of aromatic nitrogens is 5. The van der Waals surface area contributed by atoms with Crippen molar-refractivity contribution in [1.82, 2.24) is 29.0 Å². The molecule has 1 N–H and O–H groups in total. The fourth-order valence-corrected chi connectivity index (χ4v) is 4.19. The van der Waals surface area contributed by atoms with Gasteiger partial charge in [0, 0.05) is 25.1 Å². The van der Waals surface area contributed by atoms with Crippen LogP contribution in [0.25, 0.3) is 16.7 Å². The highest BCUT2D eigenvalue weighted by atomic mass is 19.4. The van der Waals surface area contributed by atoms with Crippen LogP contribution >= 0.6 is 0 Å². The fourth-order valence-electron chi connectivity index (χ4n) is 4.19. The summed E-state index contributed by atoms with van der Waals surface area (Å²) in [6.07, 6.45) is -4.38. The molecule has 210 valence electrons. The zero-order valence-electron chi connectivity index (χ0n) is 21.5. The lowest BCUT2D eigenvalue weighted by atomic mass is 9.97. The number of ether oxygens (including phenoxy) is 1. The standard InChI is InChI=1S/C25H23F4N7O4/c1-24(2,3)40-23(39)34-10-13(11-34)16-8-20-35(12-19(37)32-18-7-4-14(26)9-30-18)22(38)15-5-6-17(25(27,28)29)31-21(15)36(20)33-16/h4-9,13H,10-12H2,1-3H3,(H,30,32,37). The number of fused-ring (bicyclic) bond motifs is 3. The second kappa shape index (κ2) is 9.57. The molecule has 1 fully saturated rings. The van der Waals surface area contributed by atoms with Gasteiger partial charge in [0.25, 0.3) is 5.56 Å². The molecule has 0 radical (unpaired) electrons. The maximum absolute atomic E-state index is 13.4. The second-order valence-corrected chi connectivity index (χ2v) is 10.3. The number of hydrogen-bond donors (Lipinski definition) is 1. The Labute approximate surface area is 223 Å². The third kappa shape index (κ3) is 5.31. The molecule has 15 heteroatoms. The van der Waals surface area contributed by atoms with Crippen LogP contribution in [-0.4, -0.2) is 59.7 Å². The minimum Gasteiger partial charge on any atom is -0.444 e. The monoisotopic (exact) mass is 561 g/mol. The van der Waals surface area contributed by atoms with E-state index in [9.17, 15) is 31.9 Å². The molecular formula is C25H23F4N7O4. The Balaban J connectivity index is 1.53. The van der Waals surface area contributed by atoms with E-state index in [2.05, 4.69) is 20.4 Å². The molecule has 0 aromatic carbocycles. The fraction of sp³-hybridized carbons (Fsp3) is 0.360. The van der Waals surface area contributed by atoms with E-state index in [1.165, 1.54) is 17.0 Å². The summed E-state index contributed by atoms with van der Waals surface area (Å²) in [7, 11) is 0. The smallest absolute Gasteiger partial charge is 0.433 e. The first kappa shape index (κ1) is 27.0. The second-order valence-electron chi connectivity index (χ2n) is 10.3. The molecule has 0 saturated carbocycles. The third-order valence-corrected chi connectivity index (χ3v) is 6.08. The Kier molecular flexibility index (Phi) is 6.46. The number of alkyl halides is 3. The van der Waals surface area contributed by atoms with Gasteiger partial charge in [0.1, 0.15) is 35.1 Å². The number of amides is 2. The largest absolute Gasteiger partial charge is 0.444 e. The average molecular weight is 561 g/mol. The Bertz CT molecular complexity index is 1680. The van der Waals surface area contributed by atoms with Crippen molar-refractivity contribution >= 4 is 34.5 Å².